The van der Waals surface area contributed by atoms with Crippen LogP contribution < -0.4 is 0 Å². The Kier molecular flexibility index (Phi) is 5.03. The Morgan fingerprint density at radius 1 is 1.33 bits per heavy atom. The molecule has 0 radical (unpaired) electrons. The van der Waals surface area contributed by atoms with Gasteiger partial charge in [-0.15, -0.1) is 0 Å². The van der Waals surface area contributed by atoms with Gasteiger partial charge in [0, 0.05) is 19.1 Å². The van der Waals surface area contributed by atoms with E-state index >= 15 is 0 Å². The molecule has 0 aliphatic carbocycles. The van der Waals surface area contributed by atoms with Crippen molar-refractivity contribution in [1.29, 1.82) is 16.1 Å². The molecule has 18 heavy (non-hydrogen) atoms. The Morgan fingerprint density at radius 2 is 1.94 bits per heavy atom. The van der Waals surface area contributed by atoms with Gasteiger partial charge in [-0.2, -0.15) is 5.26 Å². The molecule has 5 nitrogen and oxygen atoms in total. The number of rotatable bonds is 4. The normalized spacial score (nSPS) is 11.4. The van der Waals surface area contributed by atoms with E-state index in [4.69, 9.17) is 25.6 Å². The summed E-state index contributed by atoms with van der Waals surface area (Å²) in [6.45, 7) is 3.75. The number of nitrogens with zero attached hydrogens (tertiary/aromatic N) is 1. The Morgan fingerprint density at radius 3 is 2.39 bits per heavy atom. The van der Waals surface area contributed by atoms with Gasteiger partial charge >= 0.3 is 0 Å². The van der Waals surface area contributed by atoms with Crippen LogP contribution in [0.5, 0.6) is 0 Å². The van der Waals surface area contributed by atoms with Crippen LogP contribution in [0.1, 0.15) is 31.1 Å². The van der Waals surface area contributed by atoms with Crippen molar-refractivity contribution in [3.63, 3.8) is 0 Å². The SMILES string of the molecule is CCOC(C#N)c1ccc(C(=N)OC(C)=N)cc1. The Bertz CT molecular complexity index is 474. The van der Waals surface area contributed by atoms with E-state index in [1.807, 2.05) is 6.92 Å². The summed E-state index contributed by atoms with van der Waals surface area (Å²) >= 11 is 0. The molecule has 0 fully saturated rings. The largest absolute Gasteiger partial charge is 0.426 e. The highest BCUT2D eigenvalue weighted by Gasteiger charge is 2.11. The first-order chi connectivity index (χ1) is 8.58. The van der Waals surface area contributed by atoms with E-state index in [0.717, 1.165) is 5.56 Å². The molecule has 0 aromatic heterocycles. The van der Waals surface area contributed by atoms with Crippen molar-refractivity contribution in [1.82, 2.24) is 0 Å². The zero-order valence-corrected chi connectivity index (χ0v) is 10.4. The summed E-state index contributed by atoms with van der Waals surface area (Å²) in [5.41, 5.74) is 1.29. The third-order valence-electron chi connectivity index (χ3n) is 2.18. The molecule has 1 rings (SSSR count). The second-order valence-corrected chi connectivity index (χ2v) is 3.57. The van der Waals surface area contributed by atoms with Crippen molar-refractivity contribution in [2.24, 2.45) is 0 Å². The molecule has 5 heteroatoms. The average molecular weight is 245 g/mol. The highest BCUT2D eigenvalue weighted by atomic mass is 16.5. The van der Waals surface area contributed by atoms with E-state index in [9.17, 15) is 0 Å². The molecule has 1 atom stereocenters. The lowest BCUT2D eigenvalue weighted by atomic mass is 10.1. The molecule has 2 N–H and O–H groups in total. The summed E-state index contributed by atoms with van der Waals surface area (Å²) in [5, 5.41) is 23.7. The molecule has 1 unspecified atom stereocenters. The van der Waals surface area contributed by atoms with E-state index in [1.165, 1.54) is 6.92 Å². The molecule has 94 valence electrons. The van der Waals surface area contributed by atoms with Gasteiger partial charge in [-0.3, -0.25) is 10.8 Å². The third kappa shape index (κ3) is 3.68. The van der Waals surface area contributed by atoms with Crippen molar-refractivity contribution in [3.05, 3.63) is 35.4 Å². The summed E-state index contributed by atoms with van der Waals surface area (Å²) in [7, 11) is 0. The predicted molar refractivity (Wildman–Crippen MR) is 67.7 cm³/mol. The maximum Gasteiger partial charge on any atom is 0.220 e. The maximum absolute atomic E-state index is 8.94. The van der Waals surface area contributed by atoms with E-state index in [-0.39, 0.29) is 11.8 Å². The standard InChI is InChI=1S/C13H15N3O2/c1-3-17-12(8-14)10-4-6-11(7-5-10)13(16)18-9(2)15/h4-7,12,15-16H,3H2,1-2H3. The lowest BCUT2D eigenvalue weighted by Crippen LogP contribution is -2.09. The van der Waals surface area contributed by atoms with Crippen LogP contribution in [0.3, 0.4) is 0 Å². The van der Waals surface area contributed by atoms with Gasteiger partial charge in [0.25, 0.3) is 0 Å². The summed E-state index contributed by atoms with van der Waals surface area (Å²) in [4.78, 5) is 0. The van der Waals surface area contributed by atoms with E-state index < -0.39 is 6.10 Å². The highest BCUT2D eigenvalue weighted by molar-refractivity contribution is 5.98. The summed E-state index contributed by atoms with van der Waals surface area (Å²) in [5.74, 6) is -0.118. The summed E-state index contributed by atoms with van der Waals surface area (Å²) in [6, 6.07) is 8.84. The van der Waals surface area contributed by atoms with Gasteiger partial charge < -0.3 is 9.47 Å². The van der Waals surface area contributed by atoms with Crippen LogP contribution in [0.4, 0.5) is 0 Å². The molecule has 0 spiro atoms. The molecule has 0 aliphatic rings. The number of ether oxygens (including phenoxy) is 2. The predicted octanol–water partition coefficient (Wildman–Crippen LogP) is 2.63. The Hall–Kier alpha value is -2.19. The first kappa shape index (κ1) is 13.9. The topological polar surface area (TPSA) is 89.9 Å². The monoisotopic (exact) mass is 245 g/mol. The van der Waals surface area contributed by atoms with Gasteiger partial charge in [-0.25, -0.2) is 0 Å². The van der Waals surface area contributed by atoms with Crippen LogP contribution in [0, 0.1) is 22.1 Å². The summed E-state index contributed by atoms with van der Waals surface area (Å²) in [6.07, 6.45) is -0.594. The number of benzene rings is 1. The molecule has 0 amide bonds. The van der Waals surface area contributed by atoms with Crippen LogP contribution in [0.15, 0.2) is 24.3 Å². The molecule has 1 aromatic carbocycles. The maximum atomic E-state index is 8.94. The fourth-order valence-corrected chi connectivity index (χ4v) is 1.40. The average Bonchev–Trinajstić information content (AvgIpc) is 2.35. The molecule has 0 heterocycles. The van der Waals surface area contributed by atoms with Crippen molar-refractivity contribution in [2.45, 2.75) is 20.0 Å². The lowest BCUT2D eigenvalue weighted by molar-refractivity contribution is 0.102. The van der Waals surface area contributed by atoms with E-state index in [0.29, 0.717) is 12.2 Å². The van der Waals surface area contributed by atoms with Gasteiger partial charge in [0.2, 0.25) is 5.90 Å². The summed E-state index contributed by atoms with van der Waals surface area (Å²) < 4.78 is 10.1. The molecule has 0 aliphatic heterocycles. The van der Waals surface area contributed by atoms with E-state index in [1.54, 1.807) is 24.3 Å². The number of hydrogen-bond acceptors (Lipinski definition) is 5. The Balaban J connectivity index is 2.82. The smallest absolute Gasteiger partial charge is 0.220 e. The zero-order chi connectivity index (χ0) is 13.5. The number of nitriles is 1. The first-order valence-electron chi connectivity index (χ1n) is 5.51. The molecular formula is C13H15N3O2. The second kappa shape index (κ2) is 6.52. The minimum atomic E-state index is -0.594. The third-order valence-corrected chi connectivity index (χ3v) is 2.18. The van der Waals surface area contributed by atoms with Crippen molar-refractivity contribution in [2.75, 3.05) is 6.61 Å². The molecule has 0 saturated heterocycles. The van der Waals surface area contributed by atoms with Crippen molar-refractivity contribution in [3.8, 4) is 6.07 Å². The molecule has 0 bridgehead atoms. The van der Waals surface area contributed by atoms with Gasteiger partial charge in [0.1, 0.15) is 0 Å². The van der Waals surface area contributed by atoms with Crippen molar-refractivity contribution >= 4 is 11.8 Å². The Labute approximate surface area is 106 Å². The van der Waals surface area contributed by atoms with E-state index in [2.05, 4.69) is 6.07 Å². The van der Waals surface area contributed by atoms with Gasteiger partial charge in [-0.1, -0.05) is 12.1 Å². The molecule has 1 aromatic rings. The van der Waals surface area contributed by atoms with Crippen LogP contribution in [0.25, 0.3) is 0 Å². The molecule has 0 saturated carbocycles. The fourth-order valence-electron chi connectivity index (χ4n) is 1.40. The second-order valence-electron chi connectivity index (χ2n) is 3.57. The lowest BCUT2D eigenvalue weighted by Gasteiger charge is -2.10. The minimum Gasteiger partial charge on any atom is -0.426 e. The van der Waals surface area contributed by atoms with Crippen LogP contribution in [0.2, 0.25) is 0 Å². The van der Waals surface area contributed by atoms with Gasteiger partial charge in [0.05, 0.1) is 6.07 Å². The quantitative estimate of drug-likeness (QED) is 0.631. The van der Waals surface area contributed by atoms with Crippen molar-refractivity contribution < 1.29 is 9.47 Å². The van der Waals surface area contributed by atoms with Gasteiger partial charge in [-0.05, 0) is 24.6 Å². The fraction of sp³-hybridized carbons (Fsp3) is 0.308. The van der Waals surface area contributed by atoms with Gasteiger partial charge in [0.15, 0.2) is 12.0 Å². The number of hydrogen-bond donors (Lipinski definition) is 2. The van der Waals surface area contributed by atoms with Crippen LogP contribution in [-0.2, 0) is 9.47 Å². The number of nitrogens with one attached hydrogen (secondary N) is 2. The van der Waals surface area contributed by atoms with Crippen LogP contribution in [-0.4, -0.2) is 18.4 Å². The highest BCUT2D eigenvalue weighted by Crippen LogP contribution is 2.17. The zero-order valence-electron chi connectivity index (χ0n) is 10.4. The van der Waals surface area contributed by atoms with Crippen LogP contribution >= 0.6 is 0 Å². The first-order valence-corrected chi connectivity index (χ1v) is 5.51. The molecular weight excluding hydrogens is 230 g/mol. The minimum absolute atomic E-state index is 0.0340.